The van der Waals surface area contributed by atoms with E-state index in [9.17, 15) is 4.79 Å². The van der Waals surface area contributed by atoms with Crippen molar-refractivity contribution in [3.8, 4) is 0 Å². The Hall–Kier alpha value is -1.36. The second-order valence-electron chi connectivity index (χ2n) is 5.10. The minimum atomic E-state index is -0.408. The molecule has 0 aliphatic rings. The fourth-order valence-corrected chi connectivity index (χ4v) is 2.52. The Morgan fingerprint density at radius 2 is 1.91 bits per heavy atom. The van der Waals surface area contributed by atoms with E-state index in [1.807, 2.05) is 26.8 Å². The van der Waals surface area contributed by atoms with Crippen LogP contribution in [0.3, 0.4) is 0 Å². The molecular weight excluding hydrogens is 345 g/mol. The third kappa shape index (κ3) is 3.51. The fraction of sp³-hybridized carbons (Fsp3) is 0.267. The van der Waals surface area contributed by atoms with Gasteiger partial charge >= 0.3 is 0 Å². The molecule has 0 atom stereocenters. The van der Waals surface area contributed by atoms with Crippen LogP contribution in [0, 0.1) is 6.92 Å². The van der Waals surface area contributed by atoms with E-state index < -0.39 is 5.91 Å². The lowest BCUT2D eigenvalue weighted by Crippen LogP contribution is -2.16. The van der Waals surface area contributed by atoms with Gasteiger partial charge in [-0.15, -0.1) is 0 Å². The largest absolute Gasteiger partial charge is 0.320 e. The van der Waals surface area contributed by atoms with E-state index in [2.05, 4.69) is 15.3 Å². The maximum Gasteiger partial charge on any atom is 0.258 e. The molecule has 1 N–H and O–H groups in total. The molecule has 116 valence electrons. The monoisotopic (exact) mass is 357 g/mol. The summed E-state index contributed by atoms with van der Waals surface area (Å²) in [4.78, 5) is 20.6. The van der Waals surface area contributed by atoms with Gasteiger partial charge in [-0.1, -0.05) is 48.7 Å². The van der Waals surface area contributed by atoms with Gasteiger partial charge in [-0.2, -0.15) is 0 Å². The number of aromatic nitrogens is 2. The summed E-state index contributed by atoms with van der Waals surface area (Å²) in [6, 6.07) is 3.23. The SMILES string of the molecule is Cc1ccnc(C(C)C)c1NC(=O)c1cc(Cl)c(Cl)nc1Cl. The minimum absolute atomic E-state index is 0.000426. The van der Waals surface area contributed by atoms with Crippen LogP contribution in [0.2, 0.25) is 15.3 Å². The van der Waals surface area contributed by atoms with E-state index in [0.29, 0.717) is 5.69 Å². The topological polar surface area (TPSA) is 54.9 Å². The molecule has 0 saturated carbocycles. The van der Waals surface area contributed by atoms with Crippen molar-refractivity contribution in [1.82, 2.24) is 9.97 Å². The first-order valence-corrected chi connectivity index (χ1v) is 7.73. The number of nitrogens with one attached hydrogen (secondary N) is 1. The Bertz CT molecular complexity index is 732. The average molecular weight is 359 g/mol. The zero-order valence-corrected chi connectivity index (χ0v) is 14.5. The van der Waals surface area contributed by atoms with Gasteiger partial charge in [0.1, 0.15) is 10.3 Å². The second-order valence-corrected chi connectivity index (χ2v) is 6.22. The second kappa shape index (κ2) is 6.82. The highest BCUT2D eigenvalue weighted by atomic mass is 35.5. The van der Waals surface area contributed by atoms with Crippen molar-refractivity contribution in [3.63, 3.8) is 0 Å². The molecule has 0 spiro atoms. The summed E-state index contributed by atoms with van der Waals surface area (Å²) in [7, 11) is 0. The maximum atomic E-state index is 12.5. The van der Waals surface area contributed by atoms with Crippen molar-refractivity contribution >= 4 is 46.4 Å². The molecule has 22 heavy (non-hydrogen) atoms. The molecular formula is C15H14Cl3N3O. The first kappa shape index (κ1) is 17.0. The van der Waals surface area contributed by atoms with Crippen LogP contribution in [-0.4, -0.2) is 15.9 Å². The summed E-state index contributed by atoms with van der Waals surface area (Å²) in [6.45, 7) is 5.91. The maximum absolute atomic E-state index is 12.5. The number of pyridine rings is 2. The quantitative estimate of drug-likeness (QED) is 0.775. The van der Waals surface area contributed by atoms with E-state index in [1.54, 1.807) is 6.20 Å². The molecule has 0 aromatic carbocycles. The van der Waals surface area contributed by atoms with E-state index in [1.165, 1.54) is 6.07 Å². The normalized spacial score (nSPS) is 10.9. The van der Waals surface area contributed by atoms with Crippen LogP contribution in [-0.2, 0) is 0 Å². The molecule has 2 aromatic rings. The van der Waals surface area contributed by atoms with Crippen LogP contribution in [0.5, 0.6) is 0 Å². The van der Waals surface area contributed by atoms with Gasteiger partial charge in [0, 0.05) is 6.20 Å². The average Bonchev–Trinajstić information content (AvgIpc) is 2.44. The van der Waals surface area contributed by atoms with Gasteiger partial charge in [0.15, 0.2) is 0 Å². The molecule has 2 heterocycles. The first-order chi connectivity index (χ1) is 10.3. The number of rotatable bonds is 3. The standard InChI is InChI=1S/C15H14Cl3N3O/c1-7(2)11-12(8(3)4-5-19-11)20-15(22)9-6-10(16)14(18)21-13(9)17/h4-7H,1-3H3,(H,20,22). The summed E-state index contributed by atoms with van der Waals surface area (Å²) >= 11 is 17.6. The van der Waals surface area contributed by atoms with Gasteiger partial charge in [0.2, 0.25) is 0 Å². The van der Waals surface area contributed by atoms with Gasteiger partial charge in [-0.25, -0.2) is 4.98 Å². The number of aryl methyl sites for hydroxylation is 1. The highest BCUT2D eigenvalue weighted by molar-refractivity contribution is 6.42. The zero-order valence-electron chi connectivity index (χ0n) is 12.2. The first-order valence-electron chi connectivity index (χ1n) is 6.59. The highest BCUT2D eigenvalue weighted by Gasteiger charge is 2.18. The Balaban J connectivity index is 2.40. The van der Waals surface area contributed by atoms with Gasteiger partial charge in [-0.05, 0) is 30.5 Å². The molecule has 0 aliphatic heterocycles. The summed E-state index contributed by atoms with van der Waals surface area (Å²) in [5.74, 6) is -0.244. The summed E-state index contributed by atoms with van der Waals surface area (Å²) in [5.41, 5.74) is 2.55. The predicted molar refractivity (Wildman–Crippen MR) is 90.3 cm³/mol. The van der Waals surface area contributed by atoms with E-state index in [4.69, 9.17) is 34.8 Å². The molecule has 7 heteroatoms. The van der Waals surface area contributed by atoms with Crippen LogP contribution >= 0.6 is 34.8 Å². The van der Waals surface area contributed by atoms with Gasteiger partial charge in [0.05, 0.1) is 22.0 Å². The number of hydrogen-bond acceptors (Lipinski definition) is 3. The molecule has 0 saturated heterocycles. The lowest BCUT2D eigenvalue weighted by Gasteiger charge is -2.15. The summed E-state index contributed by atoms with van der Waals surface area (Å²) in [5, 5.41) is 3.06. The highest BCUT2D eigenvalue weighted by Crippen LogP contribution is 2.28. The van der Waals surface area contributed by atoms with Crippen LogP contribution in [0.1, 0.15) is 41.4 Å². The molecule has 0 radical (unpaired) electrons. The summed E-state index contributed by atoms with van der Waals surface area (Å²) < 4.78 is 0. The smallest absolute Gasteiger partial charge is 0.258 e. The Kier molecular flexibility index (Phi) is 5.27. The lowest BCUT2D eigenvalue weighted by molar-refractivity contribution is 0.102. The lowest BCUT2D eigenvalue weighted by atomic mass is 10.0. The van der Waals surface area contributed by atoms with Crippen LogP contribution in [0.4, 0.5) is 5.69 Å². The van der Waals surface area contributed by atoms with Crippen molar-refractivity contribution in [2.75, 3.05) is 5.32 Å². The number of amides is 1. The molecule has 4 nitrogen and oxygen atoms in total. The van der Waals surface area contributed by atoms with Crippen LogP contribution in [0.25, 0.3) is 0 Å². The third-order valence-electron chi connectivity index (χ3n) is 3.11. The van der Waals surface area contributed by atoms with Gasteiger partial charge in [0.25, 0.3) is 5.91 Å². The number of hydrogen-bond donors (Lipinski definition) is 1. The van der Waals surface area contributed by atoms with E-state index in [-0.39, 0.29) is 26.8 Å². The van der Waals surface area contributed by atoms with Crippen molar-refractivity contribution < 1.29 is 4.79 Å². The Morgan fingerprint density at radius 1 is 1.23 bits per heavy atom. The van der Waals surface area contributed by atoms with Crippen LogP contribution in [0.15, 0.2) is 18.3 Å². The molecule has 2 rings (SSSR count). The van der Waals surface area contributed by atoms with Crippen molar-refractivity contribution in [3.05, 3.63) is 50.5 Å². The molecule has 0 fully saturated rings. The number of nitrogens with zero attached hydrogens (tertiary/aromatic N) is 2. The van der Waals surface area contributed by atoms with Crippen molar-refractivity contribution in [2.45, 2.75) is 26.7 Å². The third-order valence-corrected chi connectivity index (χ3v) is 4.07. The molecule has 0 unspecified atom stereocenters. The Labute approximate surface area is 143 Å². The van der Waals surface area contributed by atoms with Gasteiger partial charge < -0.3 is 5.32 Å². The fourth-order valence-electron chi connectivity index (χ4n) is 1.97. The number of anilines is 1. The molecule has 0 aliphatic carbocycles. The van der Waals surface area contributed by atoms with Crippen molar-refractivity contribution in [2.24, 2.45) is 0 Å². The summed E-state index contributed by atoms with van der Waals surface area (Å²) in [6.07, 6.45) is 1.72. The zero-order chi connectivity index (χ0) is 16.4. The van der Waals surface area contributed by atoms with Gasteiger partial charge in [-0.3, -0.25) is 9.78 Å². The van der Waals surface area contributed by atoms with E-state index >= 15 is 0 Å². The number of halogens is 3. The van der Waals surface area contributed by atoms with Crippen LogP contribution < -0.4 is 5.32 Å². The molecule has 2 aromatic heterocycles. The molecule has 1 amide bonds. The predicted octanol–water partition coefficient (Wildman–Crippen LogP) is 5.12. The Morgan fingerprint density at radius 3 is 2.55 bits per heavy atom. The minimum Gasteiger partial charge on any atom is -0.320 e. The van der Waals surface area contributed by atoms with E-state index in [0.717, 1.165) is 11.3 Å². The number of carbonyl (C=O) groups excluding carboxylic acids is 1. The molecule has 0 bridgehead atoms. The van der Waals surface area contributed by atoms with Crippen molar-refractivity contribution in [1.29, 1.82) is 0 Å². The number of carbonyl (C=O) groups is 1.